The second-order valence-electron chi connectivity index (χ2n) is 18.2. The number of aromatic hydroxyl groups is 1. The van der Waals surface area contributed by atoms with Crippen LogP contribution in [0.2, 0.25) is 0 Å². The van der Waals surface area contributed by atoms with Crippen molar-refractivity contribution in [2.24, 2.45) is 5.92 Å². The lowest BCUT2D eigenvalue weighted by molar-refractivity contribution is -0.131. The van der Waals surface area contributed by atoms with Crippen molar-refractivity contribution in [3.8, 4) is 23.0 Å². The fourth-order valence-corrected chi connectivity index (χ4v) is 10.7. The fraction of sp³-hybridized carbons (Fsp3) is 0.553. The summed E-state index contributed by atoms with van der Waals surface area (Å²) < 4.78 is 28.9. The zero-order valence-electron chi connectivity index (χ0n) is 36.1. The number of likely N-dealkylation sites (tertiary alicyclic amines) is 2. The number of phenolic OH excluding ortho intramolecular Hbond substituents is 1. The Morgan fingerprint density at radius 2 is 1.76 bits per heavy atom. The van der Waals surface area contributed by atoms with E-state index in [0.717, 1.165) is 139 Å². The molecule has 0 spiro atoms. The van der Waals surface area contributed by atoms with Crippen LogP contribution in [0.1, 0.15) is 63.7 Å². The molecule has 5 aliphatic rings. The van der Waals surface area contributed by atoms with Gasteiger partial charge < -0.3 is 34.4 Å². The number of anilines is 2. The molecule has 14 nitrogen and oxygen atoms in total. The van der Waals surface area contributed by atoms with Crippen molar-refractivity contribution >= 4 is 39.2 Å². The lowest BCUT2D eigenvalue weighted by Gasteiger charge is -2.38. The predicted molar refractivity (Wildman–Crippen MR) is 237 cm³/mol. The van der Waals surface area contributed by atoms with Crippen molar-refractivity contribution in [3.05, 3.63) is 59.7 Å². The zero-order valence-corrected chi connectivity index (χ0v) is 36.1. The highest BCUT2D eigenvalue weighted by molar-refractivity contribution is 6.01. The third kappa shape index (κ3) is 8.38. The first-order valence-corrected chi connectivity index (χ1v) is 23.0. The van der Waals surface area contributed by atoms with Gasteiger partial charge in [-0.2, -0.15) is 9.97 Å². The number of benzene rings is 2. The molecule has 5 fully saturated rings. The van der Waals surface area contributed by atoms with Crippen LogP contribution in [-0.2, 0) is 17.6 Å². The molecule has 3 atom stereocenters. The Balaban J connectivity index is 0.763. The fourth-order valence-electron chi connectivity index (χ4n) is 10.7. The number of carbonyl (C=O) groups excluding carboxylic acids is 1. The van der Waals surface area contributed by atoms with Gasteiger partial charge in [-0.15, -0.1) is 0 Å². The number of halogens is 1. The van der Waals surface area contributed by atoms with Gasteiger partial charge in [0.2, 0.25) is 5.91 Å². The summed E-state index contributed by atoms with van der Waals surface area (Å²) in [6.45, 7) is 14.5. The molecule has 15 heteroatoms. The number of nitrogens with zero attached hydrogens (tertiary/aromatic N) is 9. The summed E-state index contributed by atoms with van der Waals surface area (Å²) in [6, 6.07) is 12.4. The largest absolute Gasteiger partial charge is 0.508 e. The molecule has 1 amide bonds. The smallest absolute Gasteiger partial charge is 0.319 e. The minimum absolute atomic E-state index is 0.0597. The average Bonchev–Trinajstić information content (AvgIpc) is 4.03. The Morgan fingerprint density at radius 3 is 2.52 bits per heavy atom. The maximum Gasteiger partial charge on any atom is 0.319 e. The van der Waals surface area contributed by atoms with Crippen molar-refractivity contribution in [3.63, 3.8) is 0 Å². The van der Waals surface area contributed by atoms with Gasteiger partial charge in [0, 0.05) is 94.9 Å². The van der Waals surface area contributed by atoms with Crippen LogP contribution < -0.4 is 19.9 Å². The zero-order chi connectivity index (χ0) is 42.3. The van der Waals surface area contributed by atoms with Crippen LogP contribution in [0.25, 0.3) is 32.9 Å². The minimum Gasteiger partial charge on any atom is -0.508 e. The maximum atomic E-state index is 17.0. The van der Waals surface area contributed by atoms with E-state index in [1.54, 1.807) is 18.3 Å². The van der Waals surface area contributed by atoms with Crippen molar-refractivity contribution in [2.45, 2.75) is 83.3 Å². The Bertz CT molecular complexity index is 2400. The molecule has 328 valence electrons. The Labute approximate surface area is 362 Å². The topological polar surface area (TPSA) is 139 Å². The van der Waals surface area contributed by atoms with Gasteiger partial charge in [-0.25, -0.2) is 4.39 Å². The van der Waals surface area contributed by atoms with Crippen LogP contribution in [0.15, 0.2) is 47.1 Å². The van der Waals surface area contributed by atoms with Crippen LogP contribution in [0.4, 0.5) is 16.0 Å². The summed E-state index contributed by atoms with van der Waals surface area (Å²) in [7, 11) is 0. The number of ether oxygens (including phenoxy) is 1. The van der Waals surface area contributed by atoms with Gasteiger partial charge in [0.1, 0.15) is 35.1 Å². The molecule has 2 aromatic carbocycles. The lowest BCUT2D eigenvalue weighted by Crippen LogP contribution is -2.51. The monoisotopic (exact) mass is 846 g/mol. The molecule has 0 radical (unpaired) electrons. The van der Waals surface area contributed by atoms with E-state index < -0.39 is 5.82 Å². The van der Waals surface area contributed by atoms with Crippen LogP contribution in [-0.4, -0.2) is 143 Å². The van der Waals surface area contributed by atoms with Crippen molar-refractivity contribution in [1.82, 2.24) is 40.1 Å². The van der Waals surface area contributed by atoms with E-state index in [1.165, 1.54) is 0 Å². The van der Waals surface area contributed by atoms with Crippen molar-refractivity contribution in [1.29, 1.82) is 0 Å². The third-order valence-electron chi connectivity index (χ3n) is 14.1. The van der Waals surface area contributed by atoms with Gasteiger partial charge in [0.15, 0.2) is 11.6 Å². The van der Waals surface area contributed by atoms with E-state index >= 15 is 4.39 Å². The third-order valence-corrected chi connectivity index (χ3v) is 14.1. The maximum absolute atomic E-state index is 17.0. The van der Waals surface area contributed by atoms with E-state index in [-0.39, 0.29) is 35.3 Å². The van der Waals surface area contributed by atoms with Gasteiger partial charge >= 0.3 is 6.01 Å². The average molecular weight is 847 g/mol. The molecule has 8 heterocycles. The number of aromatic nitrogens is 4. The number of phenols is 1. The number of piperidine rings is 1. The first-order chi connectivity index (χ1) is 30.3. The highest BCUT2D eigenvalue weighted by Crippen LogP contribution is 2.39. The molecule has 2 bridgehead atoms. The van der Waals surface area contributed by atoms with E-state index in [0.29, 0.717) is 53.2 Å². The molecular weight excluding hydrogens is 788 g/mol. The summed E-state index contributed by atoms with van der Waals surface area (Å²) in [5.74, 6) is 2.41. The molecule has 5 aromatic rings. The van der Waals surface area contributed by atoms with E-state index in [9.17, 15) is 9.90 Å². The Morgan fingerprint density at radius 1 is 0.952 bits per heavy atom. The molecule has 5 saturated heterocycles. The van der Waals surface area contributed by atoms with Crippen LogP contribution in [0.5, 0.6) is 11.8 Å². The Kier molecular flexibility index (Phi) is 11.6. The molecule has 10 rings (SSSR count). The number of nitrogens with one attached hydrogen (secondary N) is 1. The first kappa shape index (κ1) is 40.9. The Hall–Kier alpha value is -5.12. The summed E-state index contributed by atoms with van der Waals surface area (Å²) in [5, 5.41) is 21.0. The number of carbonyl (C=O) groups is 1. The van der Waals surface area contributed by atoms with Crippen molar-refractivity contribution in [2.75, 3.05) is 88.4 Å². The lowest BCUT2D eigenvalue weighted by atomic mass is 9.95. The number of aryl methyl sites for hydroxylation is 1. The number of amides is 1. The van der Waals surface area contributed by atoms with Gasteiger partial charge in [0.05, 0.1) is 11.8 Å². The van der Waals surface area contributed by atoms with Crippen LogP contribution >= 0.6 is 0 Å². The molecule has 5 aliphatic heterocycles. The predicted octanol–water partition coefficient (Wildman–Crippen LogP) is 5.65. The molecule has 3 unspecified atom stereocenters. The van der Waals surface area contributed by atoms with E-state index in [2.05, 4.69) is 43.9 Å². The van der Waals surface area contributed by atoms with Crippen LogP contribution in [0.3, 0.4) is 0 Å². The number of hydrogen-bond donors (Lipinski definition) is 2. The molecule has 62 heavy (non-hydrogen) atoms. The number of piperazine rings is 2. The highest BCUT2D eigenvalue weighted by atomic mass is 19.1. The summed E-state index contributed by atoms with van der Waals surface area (Å²) in [6.07, 6.45) is 9.33. The van der Waals surface area contributed by atoms with Crippen LogP contribution in [0, 0.1) is 11.7 Å². The molecule has 0 saturated carbocycles. The minimum atomic E-state index is -0.543. The number of hydrogen-bond acceptors (Lipinski definition) is 13. The van der Waals surface area contributed by atoms with E-state index in [1.807, 2.05) is 29.2 Å². The van der Waals surface area contributed by atoms with Gasteiger partial charge in [0.25, 0.3) is 0 Å². The molecular formula is C47H59FN10O4. The first-order valence-electron chi connectivity index (χ1n) is 23.0. The molecule has 2 N–H and O–H groups in total. The standard InChI is InChI=1S/C47H59FN10O4/c1-3-32-7-4-8-33-22-36(59)23-38(42(32)33)44-43(48)45-39(26-49-44)46(57-28-34-9-10-35(29-57)50-34)52-47(51-45)61-21-20-54-14-11-31(12-15-54)27-55-16-18-56(19-17-55)40-24-37(62-53-40)25-41(60)58-13-5-6-30(58)2/h4,7-8,22-24,26,30-31,34-35,50,59H,3,5-6,9-21,25,27-29H2,1-2H3. The number of pyridine rings is 1. The number of rotatable bonds is 12. The summed E-state index contributed by atoms with van der Waals surface area (Å²) in [4.78, 5) is 38.6. The normalized spacial score (nSPS) is 22.7. The summed E-state index contributed by atoms with van der Waals surface area (Å²) >= 11 is 0. The van der Waals surface area contributed by atoms with Gasteiger partial charge in [-0.05, 0) is 99.3 Å². The van der Waals surface area contributed by atoms with E-state index in [4.69, 9.17) is 24.2 Å². The second-order valence-corrected chi connectivity index (χ2v) is 18.2. The SMILES string of the molecule is CCc1cccc2cc(O)cc(-c3ncc4c(N5CC6CCC(C5)N6)nc(OCCN5CCC(CN6CCN(c7cc(CC(=O)N8CCCC8C)on7)CC6)CC5)nc4c3F)c12. The quantitative estimate of drug-likeness (QED) is 0.160. The second kappa shape index (κ2) is 17.6. The van der Waals surface area contributed by atoms with Crippen molar-refractivity contribution < 1.29 is 23.6 Å². The van der Waals surface area contributed by atoms with Gasteiger partial charge in [-0.1, -0.05) is 30.3 Å². The molecule has 3 aromatic heterocycles. The summed E-state index contributed by atoms with van der Waals surface area (Å²) in [5.41, 5.74) is 1.93. The highest BCUT2D eigenvalue weighted by Gasteiger charge is 2.35. The number of fused-ring (bicyclic) bond motifs is 4. The van der Waals surface area contributed by atoms with Gasteiger partial charge in [-0.3, -0.25) is 19.6 Å². The molecule has 0 aliphatic carbocycles.